The quantitative estimate of drug-likeness (QED) is 0.707. The van der Waals surface area contributed by atoms with Gasteiger partial charge in [-0.3, -0.25) is 4.79 Å². The van der Waals surface area contributed by atoms with Crippen LogP contribution in [-0.2, 0) is 6.42 Å². The Morgan fingerprint density at radius 2 is 1.74 bits per heavy atom. The molecule has 1 aromatic heterocycles. The van der Waals surface area contributed by atoms with Crippen molar-refractivity contribution in [2.24, 2.45) is 0 Å². The Labute approximate surface area is 162 Å². The van der Waals surface area contributed by atoms with E-state index in [4.69, 9.17) is 9.47 Å². The summed E-state index contributed by atoms with van der Waals surface area (Å²) in [5.74, 6) is 1.49. The molecule has 0 unspecified atom stereocenters. The number of nitrogens with zero attached hydrogens (tertiary/aromatic N) is 1. The van der Waals surface area contributed by atoms with Gasteiger partial charge in [0.1, 0.15) is 0 Å². The van der Waals surface area contributed by atoms with Crippen molar-refractivity contribution in [2.75, 3.05) is 19.8 Å². The van der Waals surface area contributed by atoms with Crippen LogP contribution in [0.1, 0.15) is 61.0 Å². The van der Waals surface area contributed by atoms with Crippen LogP contribution in [0.2, 0.25) is 0 Å². The molecule has 1 N–H and O–H groups in total. The van der Waals surface area contributed by atoms with Gasteiger partial charge in [-0.15, -0.1) is 0 Å². The van der Waals surface area contributed by atoms with Gasteiger partial charge in [-0.1, -0.05) is 6.07 Å². The number of aryl methyl sites for hydroxylation is 1. The van der Waals surface area contributed by atoms with Crippen LogP contribution in [0, 0.1) is 13.8 Å². The second-order valence-electron chi connectivity index (χ2n) is 6.90. The molecule has 2 rings (SSSR count). The molecule has 148 valence electrons. The normalized spacial score (nSPS) is 10.9. The van der Waals surface area contributed by atoms with Gasteiger partial charge in [-0.25, -0.2) is 0 Å². The highest BCUT2D eigenvalue weighted by molar-refractivity contribution is 5.95. The Balaban J connectivity index is 2.01. The fourth-order valence-electron chi connectivity index (χ4n) is 3.47. The van der Waals surface area contributed by atoms with E-state index in [0.717, 1.165) is 40.4 Å². The van der Waals surface area contributed by atoms with Crippen LogP contribution in [0.4, 0.5) is 0 Å². The average Bonchev–Trinajstić information content (AvgIpc) is 2.92. The summed E-state index contributed by atoms with van der Waals surface area (Å²) in [6.07, 6.45) is 0.737. The van der Waals surface area contributed by atoms with Crippen LogP contribution in [0.5, 0.6) is 11.5 Å². The first kappa shape index (κ1) is 20.9. The minimum Gasteiger partial charge on any atom is -0.490 e. The van der Waals surface area contributed by atoms with E-state index >= 15 is 0 Å². The summed E-state index contributed by atoms with van der Waals surface area (Å²) in [5.41, 5.74) is 3.98. The molecular formula is C22H32N2O3. The van der Waals surface area contributed by atoms with Crippen molar-refractivity contribution in [3.63, 3.8) is 0 Å². The monoisotopic (exact) mass is 372 g/mol. The maximum atomic E-state index is 12.6. The van der Waals surface area contributed by atoms with Gasteiger partial charge >= 0.3 is 0 Å². The van der Waals surface area contributed by atoms with Crippen molar-refractivity contribution in [3.05, 3.63) is 46.8 Å². The van der Waals surface area contributed by atoms with Gasteiger partial charge in [-0.2, -0.15) is 0 Å². The first-order valence-corrected chi connectivity index (χ1v) is 9.74. The maximum Gasteiger partial charge on any atom is 0.253 e. The number of amides is 1. The van der Waals surface area contributed by atoms with E-state index in [1.807, 2.05) is 52.0 Å². The molecule has 1 heterocycles. The van der Waals surface area contributed by atoms with E-state index in [1.165, 1.54) is 0 Å². The van der Waals surface area contributed by atoms with Crippen LogP contribution in [-0.4, -0.2) is 30.2 Å². The number of carbonyl (C=O) groups excluding carboxylic acids is 1. The van der Waals surface area contributed by atoms with E-state index < -0.39 is 0 Å². The van der Waals surface area contributed by atoms with Crippen LogP contribution < -0.4 is 14.8 Å². The van der Waals surface area contributed by atoms with E-state index in [-0.39, 0.29) is 5.91 Å². The molecule has 5 heteroatoms. The van der Waals surface area contributed by atoms with E-state index in [9.17, 15) is 4.79 Å². The molecule has 0 aliphatic carbocycles. The lowest BCUT2D eigenvalue weighted by Gasteiger charge is -2.14. The molecule has 0 aliphatic heterocycles. The molecule has 5 nitrogen and oxygen atoms in total. The van der Waals surface area contributed by atoms with E-state index in [2.05, 4.69) is 23.7 Å². The van der Waals surface area contributed by atoms with Crippen molar-refractivity contribution in [3.8, 4) is 11.5 Å². The first-order chi connectivity index (χ1) is 12.9. The van der Waals surface area contributed by atoms with Gasteiger partial charge in [-0.05, 0) is 71.7 Å². The third-order valence-electron chi connectivity index (χ3n) is 4.55. The SMILES string of the molecule is CCOc1ccc(CCNC(=O)c2cc(C)n(C(C)C)c2C)cc1OCC. The van der Waals surface area contributed by atoms with Gasteiger partial charge < -0.3 is 19.4 Å². The molecule has 2 aromatic rings. The van der Waals surface area contributed by atoms with E-state index in [0.29, 0.717) is 25.8 Å². The van der Waals surface area contributed by atoms with Crippen molar-refractivity contribution in [2.45, 2.75) is 54.0 Å². The molecule has 1 aromatic carbocycles. The minimum atomic E-state index is -0.0223. The fraction of sp³-hybridized carbons (Fsp3) is 0.500. The summed E-state index contributed by atoms with van der Waals surface area (Å²) in [7, 11) is 0. The predicted octanol–water partition coefficient (Wildman–Crippen LogP) is 4.46. The highest BCUT2D eigenvalue weighted by atomic mass is 16.5. The molecule has 0 spiro atoms. The summed E-state index contributed by atoms with van der Waals surface area (Å²) in [6, 6.07) is 8.25. The lowest BCUT2D eigenvalue weighted by Crippen LogP contribution is -2.26. The zero-order valence-corrected chi connectivity index (χ0v) is 17.4. The largest absolute Gasteiger partial charge is 0.490 e. The van der Waals surface area contributed by atoms with Crippen LogP contribution in [0.25, 0.3) is 0 Å². The summed E-state index contributed by atoms with van der Waals surface area (Å²) in [6.45, 7) is 14.0. The van der Waals surface area contributed by atoms with Gasteiger partial charge in [0.15, 0.2) is 11.5 Å². The highest BCUT2D eigenvalue weighted by Gasteiger charge is 2.16. The van der Waals surface area contributed by atoms with Gasteiger partial charge in [0, 0.05) is 24.0 Å². The lowest BCUT2D eigenvalue weighted by atomic mass is 10.1. The third kappa shape index (κ3) is 5.06. The Morgan fingerprint density at radius 3 is 2.33 bits per heavy atom. The van der Waals surface area contributed by atoms with Crippen LogP contribution in [0.15, 0.2) is 24.3 Å². The Morgan fingerprint density at radius 1 is 1.07 bits per heavy atom. The van der Waals surface area contributed by atoms with Gasteiger partial charge in [0.2, 0.25) is 0 Å². The molecule has 27 heavy (non-hydrogen) atoms. The molecule has 0 radical (unpaired) electrons. The highest BCUT2D eigenvalue weighted by Crippen LogP contribution is 2.28. The predicted molar refractivity (Wildman–Crippen MR) is 109 cm³/mol. The number of ether oxygens (including phenoxy) is 2. The molecule has 0 fully saturated rings. The number of nitrogens with one attached hydrogen (secondary N) is 1. The maximum absolute atomic E-state index is 12.6. The molecule has 0 bridgehead atoms. The van der Waals surface area contributed by atoms with Crippen molar-refractivity contribution >= 4 is 5.91 Å². The van der Waals surface area contributed by atoms with E-state index in [1.54, 1.807) is 0 Å². The lowest BCUT2D eigenvalue weighted by molar-refractivity contribution is 0.0953. The summed E-state index contributed by atoms with van der Waals surface area (Å²) in [4.78, 5) is 12.6. The summed E-state index contributed by atoms with van der Waals surface area (Å²) >= 11 is 0. The third-order valence-corrected chi connectivity index (χ3v) is 4.55. The molecule has 1 amide bonds. The number of carbonyl (C=O) groups is 1. The molecule has 0 saturated heterocycles. The summed E-state index contributed by atoms with van der Waals surface area (Å²) < 4.78 is 13.5. The van der Waals surface area contributed by atoms with Gasteiger partial charge in [0.05, 0.1) is 18.8 Å². The Kier molecular flexibility index (Phi) is 7.34. The molecular weight excluding hydrogens is 340 g/mol. The van der Waals surface area contributed by atoms with Crippen molar-refractivity contribution in [1.82, 2.24) is 9.88 Å². The Hall–Kier alpha value is -2.43. The number of hydrogen-bond acceptors (Lipinski definition) is 3. The topological polar surface area (TPSA) is 52.5 Å². The smallest absolute Gasteiger partial charge is 0.253 e. The fourth-order valence-corrected chi connectivity index (χ4v) is 3.47. The molecule has 0 aliphatic rings. The van der Waals surface area contributed by atoms with Crippen LogP contribution in [0.3, 0.4) is 0 Å². The standard InChI is InChI=1S/C22H32N2O3/c1-7-26-20-10-9-18(14-21(20)27-8-2)11-12-23-22(25)19-13-16(5)24(15(3)4)17(19)6/h9-10,13-15H,7-8,11-12H2,1-6H3,(H,23,25). The number of hydrogen-bond donors (Lipinski definition) is 1. The van der Waals surface area contributed by atoms with Crippen molar-refractivity contribution in [1.29, 1.82) is 0 Å². The first-order valence-electron chi connectivity index (χ1n) is 9.74. The molecule has 0 atom stereocenters. The van der Waals surface area contributed by atoms with Crippen molar-refractivity contribution < 1.29 is 14.3 Å². The van der Waals surface area contributed by atoms with Gasteiger partial charge in [0.25, 0.3) is 5.91 Å². The minimum absolute atomic E-state index is 0.0223. The zero-order chi connectivity index (χ0) is 20.0. The molecule has 0 saturated carbocycles. The Bertz CT molecular complexity index is 778. The average molecular weight is 373 g/mol. The second kappa shape index (κ2) is 9.49. The summed E-state index contributed by atoms with van der Waals surface area (Å²) in [5, 5.41) is 3.03. The number of rotatable bonds is 9. The number of benzene rings is 1. The zero-order valence-electron chi connectivity index (χ0n) is 17.4. The second-order valence-corrected chi connectivity index (χ2v) is 6.90. The number of aromatic nitrogens is 1. The van der Waals surface area contributed by atoms with Crippen LogP contribution >= 0.6 is 0 Å².